The maximum absolute atomic E-state index is 12.3. The minimum atomic E-state index is -0.301. The number of carbonyl (C=O) groups is 1. The standard InChI is InChI=1S/C15H12BrClN2O3/c16-10-4-9(7-18-8-10)15(20)19-12-6-14-13(5-11(12)17)21-2-1-3-22-14/h4-8H,1-3H2,(H,19,20). The zero-order chi connectivity index (χ0) is 15.5. The van der Waals surface area contributed by atoms with Crippen LogP contribution < -0.4 is 14.8 Å². The van der Waals surface area contributed by atoms with Gasteiger partial charge < -0.3 is 14.8 Å². The smallest absolute Gasteiger partial charge is 0.257 e. The van der Waals surface area contributed by atoms with Crippen LogP contribution in [0.1, 0.15) is 16.8 Å². The lowest BCUT2D eigenvalue weighted by Crippen LogP contribution is -2.12. The minimum absolute atomic E-state index is 0.301. The Bertz CT molecular complexity index is 724. The molecule has 22 heavy (non-hydrogen) atoms. The van der Waals surface area contributed by atoms with Gasteiger partial charge in [-0.1, -0.05) is 11.6 Å². The number of anilines is 1. The van der Waals surface area contributed by atoms with Crippen LogP contribution in [0.15, 0.2) is 35.1 Å². The summed E-state index contributed by atoms with van der Waals surface area (Å²) in [4.78, 5) is 16.2. The number of nitrogens with one attached hydrogen (secondary N) is 1. The summed E-state index contributed by atoms with van der Waals surface area (Å²) in [5.74, 6) is 0.861. The molecule has 0 aliphatic carbocycles. The van der Waals surface area contributed by atoms with E-state index in [-0.39, 0.29) is 5.91 Å². The van der Waals surface area contributed by atoms with E-state index in [0.29, 0.717) is 41.0 Å². The Morgan fingerprint density at radius 1 is 1.18 bits per heavy atom. The van der Waals surface area contributed by atoms with Crippen LogP contribution in [0.5, 0.6) is 11.5 Å². The molecule has 114 valence electrons. The van der Waals surface area contributed by atoms with Crippen molar-refractivity contribution in [2.75, 3.05) is 18.5 Å². The predicted molar refractivity (Wildman–Crippen MR) is 86.9 cm³/mol. The van der Waals surface area contributed by atoms with Gasteiger partial charge in [-0.25, -0.2) is 0 Å². The van der Waals surface area contributed by atoms with Gasteiger partial charge in [0.25, 0.3) is 5.91 Å². The predicted octanol–water partition coefficient (Wildman–Crippen LogP) is 3.91. The van der Waals surface area contributed by atoms with Crippen LogP contribution in [0.25, 0.3) is 0 Å². The fourth-order valence-corrected chi connectivity index (χ4v) is 2.58. The van der Waals surface area contributed by atoms with E-state index in [4.69, 9.17) is 21.1 Å². The number of carbonyl (C=O) groups excluding carboxylic acids is 1. The highest BCUT2D eigenvalue weighted by Gasteiger charge is 2.16. The number of nitrogens with zero attached hydrogens (tertiary/aromatic N) is 1. The largest absolute Gasteiger partial charge is 0.490 e. The van der Waals surface area contributed by atoms with Crippen molar-refractivity contribution < 1.29 is 14.3 Å². The molecule has 0 saturated carbocycles. The van der Waals surface area contributed by atoms with Crippen molar-refractivity contribution in [3.63, 3.8) is 0 Å². The van der Waals surface area contributed by atoms with Gasteiger partial charge in [-0.2, -0.15) is 0 Å². The number of halogens is 2. The summed E-state index contributed by atoms with van der Waals surface area (Å²) < 4.78 is 11.9. The van der Waals surface area contributed by atoms with E-state index in [2.05, 4.69) is 26.2 Å². The molecule has 3 rings (SSSR count). The summed E-state index contributed by atoms with van der Waals surface area (Å²) >= 11 is 9.49. The Morgan fingerprint density at radius 2 is 1.91 bits per heavy atom. The number of hydrogen-bond acceptors (Lipinski definition) is 4. The van der Waals surface area contributed by atoms with Gasteiger partial charge in [0, 0.05) is 35.4 Å². The summed E-state index contributed by atoms with van der Waals surface area (Å²) in [5.41, 5.74) is 0.897. The van der Waals surface area contributed by atoms with Crippen LogP contribution >= 0.6 is 27.5 Å². The molecule has 1 aromatic heterocycles. The molecular weight excluding hydrogens is 372 g/mol. The normalized spacial score (nSPS) is 13.4. The topological polar surface area (TPSA) is 60.5 Å². The van der Waals surface area contributed by atoms with Gasteiger partial charge >= 0.3 is 0 Å². The third kappa shape index (κ3) is 3.34. The quantitative estimate of drug-likeness (QED) is 0.854. The second-order valence-corrected chi connectivity index (χ2v) is 6.00. The number of pyridine rings is 1. The molecule has 1 aromatic carbocycles. The van der Waals surface area contributed by atoms with E-state index in [0.717, 1.165) is 10.9 Å². The molecule has 0 bridgehead atoms. The highest BCUT2D eigenvalue weighted by atomic mass is 79.9. The highest BCUT2D eigenvalue weighted by Crippen LogP contribution is 2.37. The third-order valence-corrected chi connectivity index (χ3v) is 3.80. The van der Waals surface area contributed by atoms with Crippen LogP contribution in [0.3, 0.4) is 0 Å². The first-order chi connectivity index (χ1) is 10.6. The molecule has 0 radical (unpaired) electrons. The van der Waals surface area contributed by atoms with Crippen molar-refractivity contribution >= 4 is 39.1 Å². The summed E-state index contributed by atoms with van der Waals surface area (Å²) in [6.45, 7) is 1.15. The lowest BCUT2D eigenvalue weighted by molar-refractivity contribution is 0.102. The Kier molecular flexibility index (Phi) is 4.49. The molecule has 0 atom stereocenters. The second-order valence-electron chi connectivity index (χ2n) is 4.68. The lowest BCUT2D eigenvalue weighted by atomic mass is 10.2. The van der Waals surface area contributed by atoms with Gasteiger partial charge in [-0.3, -0.25) is 9.78 Å². The molecule has 0 unspecified atom stereocenters. The van der Waals surface area contributed by atoms with E-state index in [1.54, 1.807) is 24.4 Å². The van der Waals surface area contributed by atoms with Crippen molar-refractivity contribution in [2.24, 2.45) is 0 Å². The lowest BCUT2D eigenvalue weighted by Gasteiger charge is -2.12. The molecule has 0 spiro atoms. The molecule has 1 N–H and O–H groups in total. The van der Waals surface area contributed by atoms with E-state index in [9.17, 15) is 4.79 Å². The van der Waals surface area contributed by atoms with Crippen molar-refractivity contribution in [1.29, 1.82) is 0 Å². The molecule has 0 saturated heterocycles. The van der Waals surface area contributed by atoms with Crippen LogP contribution in [-0.4, -0.2) is 24.1 Å². The van der Waals surface area contributed by atoms with Crippen molar-refractivity contribution in [3.05, 3.63) is 45.7 Å². The summed E-state index contributed by atoms with van der Waals surface area (Å²) in [6.07, 6.45) is 3.89. The monoisotopic (exact) mass is 382 g/mol. The maximum Gasteiger partial charge on any atom is 0.257 e. The van der Waals surface area contributed by atoms with E-state index in [1.807, 2.05) is 0 Å². The van der Waals surface area contributed by atoms with Gasteiger partial charge in [0.2, 0.25) is 0 Å². The van der Waals surface area contributed by atoms with Crippen LogP contribution in [0.4, 0.5) is 5.69 Å². The summed E-state index contributed by atoms with van der Waals surface area (Å²) in [5, 5.41) is 3.15. The number of aromatic nitrogens is 1. The number of ether oxygens (including phenoxy) is 2. The Labute approximate surface area is 140 Å². The van der Waals surface area contributed by atoms with Gasteiger partial charge in [0.1, 0.15) is 0 Å². The molecular formula is C15H12BrClN2O3. The first-order valence-electron chi connectivity index (χ1n) is 6.64. The number of hydrogen-bond donors (Lipinski definition) is 1. The first-order valence-corrected chi connectivity index (χ1v) is 7.81. The zero-order valence-corrected chi connectivity index (χ0v) is 13.8. The molecule has 7 heteroatoms. The van der Waals surface area contributed by atoms with Gasteiger partial charge in [0.15, 0.2) is 11.5 Å². The first kappa shape index (κ1) is 15.1. The number of benzene rings is 1. The SMILES string of the molecule is O=C(Nc1cc2c(cc1Cl)OCCCO2)c1cncc(Br)c1. The van der Waals surface area contributed by atoms with Gasteiger partial charge in [-0.15, -0.1) is 0 Å². The van der Waals surface area contributed by atoms with Crippen LogP contribution in [0, 0.1) is 0 Å². The van der Waals surface area contributed by atoms with E-state index < -0.39 is 0 Å². The van der Waals surface area contributed by atoms with Crippen molar-refractivity contribution in [1.82, 2.24) is 4.98 Å². The third-order valence-electron chi connectivity index (χ3n) is 3.05. The summed E-state index contributed by atoms with van der Waals surface area (Å²) in [6, 6.07) is 5.00. The number of fused-ring (bicyclic) bond motifs is 1. The van der Waals surface area contributed by atoms with Gasteiger partial charge in [0.05, 0.1) is 29.5 Å². The fourth-order valence-electron chi connectivity index (χ4n) is 2.01. The molecule has 1 aliphatic rings. The average molecular weight is 384 g/mol. The Balaban J connectivity index is 1.86. The number of rotatable bonds is 2. The molecule has 5 nitrogen and oxygen atoms in total. The minimum Gasteiger partial charge on any atom is -0.490 e. The molecule has 2 heterocycles. The Morgan fingerprint density at radius 3 is 2.64 bits per heavy atom. The molecule has 1 amide bonds. The van der Waals surface area contributed by atoms with Crippen molar-refractivity contribution in [3.8, 4) is 11.5 Å². The van der Waals surface area contributed by atoms with E-state index in [1.165, 1.54) is 6.20 Å². The second kappa shape index (κ2) is 6.54. The van der Waals surface area contributed by atoms with Crippen molar-refractivity contribution in [2.45, 2.75) is 6.42 Å². The fraction of sp³-hybridized carbons (Fsp3) is 0.200. The molecule has 0 fully saturated rings. The molecule has 2 aromatic rings. The van der Waals surface area contributed by atoms with Crippen LogP contribution in [-0.2, 0) is 0 Å². The zero-order valence-electron chi connectivity index (χ0n) is 11.4. The Hall–Kier alpha value is -1.79. The highest BCUT2D eigenvalue weighted by molar-refractivity contribution is 9.10. The number of amides is 1. The maximum atomic E-state index is 12.3. The van der Waals surface area contributed by atoms with E-state index >= 15 is 0 Å². The summed E-state index contributed by atoms with van der Waals surface area (Å²) in [7, 11) is 0. The average Bonchev–Trinajstić information content (AvgIpc) is 2.72. The van der Waals surface area contributed by atoms with Crippen LogP contribution in [0.2, 0.25) is 5.02 Å². The molecule has 1 aliphatic heterocycles. The van der Waals surface area contributed by atoms with Gasteiger partial charge in [-0.05, 0) is 22.0 Å².